The van der Waals surface area contributed by atoms with Gasteiger partial charge in [-0.3, -0.25) is 9.59 Å². The van der Waals surface area contributed by atoms with Gasteiger partial charge in [-0.1, -0.05) is 70.7 Å². The quantitative estimate of drug-likeness (QED) is 0.188. The fourth-order valence-corrected chi connectivity index (χ4v) is 2.90. The molecule has 2 aromatic rings. The van der Waals surface area contributed by atoms with E-state index in [1.54, 1.807) is 24.3 Å². The Morgan fingerprint density at radius 3 is 2.17 bits per heavy atom. The number of hydrogen-bond acceptors (Lipinski definition) is 2. The molecule has 0 aliphatic heterocycles. The Balaban J connectivity index is 2.39. The van der Waals surface area contributed by atoms with Crippen LogP contribution in [-0.4, -0.2) is 11.0 Å². The van der Waals surface area contributed by atoms with Crippen LogP contribution in [0.15, 0.2) is 36.4 Å². The average molecular weight is 408 g/mol. The fourth-order valence-electron chi connectivity index (χ4n) is 1.83. The zero-order valence-electron chi connectivity index (χ0n) is 11.2. The maximum Gasteiger partial charge on any atom is 0.252 e. The minimum Gasteiger partial charge on any atom is -0.289 e. The Morgan fingerprint density at radius 1 is 0.870 bits per heavy atom. The molecule has 7 heteroatoms. The Morgan fingerprint density at radius 2 is 1.52 bits per heavy atom. The van der Waals surface area contributed by atoms with E-state index < -0.39 is 11.0 Å². The summed E-state index contributed by atoms with van der Waals surface area (Å²) in [7, 11) is 0. The second kappa shape index (κ2) is 7.69. The molecule has 0 aliphatic rings. The Labute approximate surface area is 157 Å². The van der Waals surface area contributed by atoms with E-state index in [0.717, 1.165) is 0 Å². The molecular formula is C16H7Cl5O2. The van der Waals surface area contributed by atoms with Crippen LogP contribution in [0.4, 0.5) is 0 Å². The summed E-state index contributed by atoms with van der Waals surface area (Å²) in [5.41, 5.74) is 0.900. The van der Waals surface area contributed by atoms with Crippen LogP contribution < -0.4 is 0 Å². The van der Waals surface area contributed by atoms with Crippen LogP contribution in [0.3, 0.4) is 0 Å². The molecule has 0 fully saturated rings. The Bertz CT molecular complexity index is 827. The third-order valence-corrected chi connectivity index (χ3v) is 4.91. The molecule has 0 bridgehead atoms. The molecule has 0 unspecified atom stereocenters. The van der Waals surface area contributed by atoms with Crippen molar-refractivity contribution in [3.63, 3.8) is 0 Å². The molecular weight excluding hydrogens is 401 g/mol. The highest BCUT2D eigenvalue weighted by Crippen LogP contribution is 2.38. The average Bonchev–Trinajstić information content (AvgIpc) is 2.54. The standard InChI is InChI=1S/C16H7Cl5O2/c17-11-7-10(13(18)15(20)14(11)19)12(22)6-5-8-3-1-2-4-9(8)16(21)23/h1-7H. The van der Waals surface area contributed by atoms with Crippen LogP contribution in [0, 0.1) is 0 Å². The predicted octanol–water partition coefficient (Wildman–Crippen LogP) is 6.58. The lowest BCUT2D eigenvalue weighted by molar-refractivity contribution is 0.104. The van der Waals surface area contributed by atoms with Gasteiger partial charge in [-0.2, -0.15) is 0 Å². The molecule has 2 rings (SSSR count). The van der Waals surface area contributed by atoms with Gasteiger partial charge in [-0.25, -0.2) is 0 Å². The summed E-state index contributed by atoms with van der Waals surface area (Å²) in [6, 6.07) is 7.94. The van der Waals surface area contributed by atoms with E-state index in [4.69, 9.17) is 58.0 Å². The van der Waals surface area contributed by atoms with E-state index >= 15 is 0 Å². The summed E-state index contributed by atoms with van der Waals surface area (Å²) in [6.45, 7) is 0. The van der Waals surface area contributed by atoms with Gasteiger partial charge in [0.25, 0.3) is 5.24 Å². The van der Waals surface area contributed by atoms with E-state index in [0.29, 0.717) is 5.56 Å². The van der Waals surface area contributed by atoms with Gasteiger partial charge in [-0.05, 0) is 35.4 Å². The highest BCUT2D eigenvalue weighted by atomic mass is 35.5. The molecule has 0 saturated carbocycles. The van der Waals surface area contributed by atoms with Gasteiger partial charge in [-0.15, -0.1) is 0 Å². The van der Waals surface area contributed by atoms with E-state index in [1.807, 2.05) is 0 Å². The van der Waals surface area contributed by atoms with Gasteiger partial charge in [0.15, 0.2) is 5.78 Å². The molecule has 0 amide bonds. The monoisotopic (exact) mass is 406 g/mol. The molecule has 0 heterocycles. The van der Waals surface area contributed by atoms with Crippen LogP contribution in [0.1, 0.15) is 26.3 Å². The highest BCUT2D eigenvalue weighted by molar-refractivity contribution is 6.68. The van der Waals surface area contributed by atoms with Crippen LogP contribution in [0.2, 0.25) is 20.1 Å². The second-order valence-electron chi connectivity index (χ2n) is 4.41. The van der Waals surface area contributed by atoms with Crippen LogP contribution in [0.5, 0.6) is 0 Å². The molecule has 2 aromatic carbocycles. The normalized spacial score (nSPS) is 11.0. The van der Waals surface area contributed by atoms with Gasteiger partial charge in [0.05, 0.1) is 20.1 Å². The van der Waals surface area contributed by atoms with Gasteiger partial charge in [0.1, 0.15) is 0 Å². The molecule has 0 atom stereocenters. The summed E-state index contributed by atoms with van der Waals surface area (Å²) in [5, 5.41) is -0.397. The molecule has 2 nitrogen and oxygen atoms in total. The summed E-state index contributed by atoms with van der Waals surface area (Å²) in [4.78, 5) is 23.6. The first-order chi connectivity index (χ1) is 10.8. The van der Waals surface area contributed by atoms with Gasteiger partial charge >= 0.3 is 0 Å². The second-order valence-corrected chi connectivity index (χ2v) is 6.29. The molecule has 0 saturated heterocycles. The Hall–Kier alpha value is -1.03. The number of rotatable bonds is 4. The van der Waals surface area contributed by atoms with Crippen molar-refractivity contribution in [3.05, 3.63) is 73.2 Å². The third-order valence-electron chi connectivity index (χ3n) is 2.95. The zero-order chi connectivity index (χ0) is 17.1. The minimum atomic E-state index is -0.617. The summed E-state index contributed by atoms with van der Waals surface area (Å²) < 4.78 is 0. The van der Waals surface area contributed by atoms with E-state index in [9.17, 15) is 9.59 Å². The Kier molecular flexibility index (Phi) is 6.12. The molecule has 0 spiro atoms. The van der Waals surface area contributed by atoms with Gasteiger partial charge in [0.2, 0.25) is 0 Å². The van der Waals surface area contributed by atoms with Crippen molar-refractivity contribution in [1.82, 2.24) is 0 Å². The number of halogens is 5. The molecule has 0 aliphatic carbocycles. The molecule has 0 N–H and O–H groups in total. The predicted molar refractivity (Wildman–Crippen MR) is 96.5 cm³/mol. The lowest BCUT2D eigenvalue weighted by atomic mass is 10.1. The third kappa shape index (κ3) is 4.09. The van der Waals surface area contributed by atoms with Crippen molar-refractivity contribution in [3.8, 4) is 0 Å². The molecule has 0 aromatic heterocycles. The highest BCUT2D eigenvalue weighted by Gasteiger charge is 2.17. The fraction of sp³-hybridized carbons (Fsp3) is 0. The zero-order valence-corrected chi connectivity index (χ0v) is 15.0. The number of ketones is 1. The van der Waals surface area contributed by atoms with Crippen molar-refractivity contribution in [2.75, 3.05) is 0 Å². The van der Waals surface area contributed by atoms with Crippen LogP contribution in [-0.2, 0) is 0 Å². The van der Waals surface area contributed by atoms with Crippen molar-refractivity contribution in [2.45, 2.75) is 0 Å². The summed E-state index contributed by atoms with van der Waals surface area (Å²) >= 11 is 29.2. The number of hydrogen-bond donors (Lipinski definition) is 0. The molecule has 0 radical (unpaired) electrons. The lowest BCUT2D eigenvalue weighted by Gasteiger charge is -2.06. The van der Waals surface area contributed by atoms with Gasteiger partial charge < -0.3 is 0 Å². The van der Waals surface area contributed by atoms with Crippen molar-refractivity contribution in [1.29, 1.82) is 0 Å². The summed E-state index contributed by atoms with van der Waals surface area (Å²) in [6.07, 6.45) is 2.71. The molecule has 23 heavy (non-hydrogen) atoms. The minimum absolute atomic E-state index is 0.00826. The largest absolute Gasteiger partial charge is 0.289 e. The van der Waals surface area contributed by atoms with Gasteiger partial charge in [0, 0.05) is 11.1 Å². The van der Waals surface area contributed by atoms with E-state index in [2.05, 4.69) is 0 Å². The van der Waals surface area contributed by atoms with E-state index in [1.165, 1.54) is 18.2 Å². The van der Waals surface area contributed by atoms with Crippen molar-refractivity contribution in [2.24, 2.45) is 0 Å². The number of carbonyl (C=O) groups excluding carboxylic acids is 2. The maximum absolute atomic E-state index is 12.3. The SMILES string of the molecule is O=C(Cl)c1ccccc1C=CC(=O)c1cc(Cl)c(Cl)c(Cl)c1Cl. The number of carbonyl (C=O) groups is 2. The van der Waals surface area contributed by atoms with Crippen LogP contribution in [0.25, 0.3) is 6.08 Å². The molecule has 118 valence electrons. The number of benzene rings is 2. The smallest absolute Gasteiger partial charge is 0.252 e. The van der Waals surface area contributed by atoms with Crippen molar-refractivity contribution >= 4 is 75.1 Å². The first kappa shape index (κ1) is 18.3. The topological polar surface area (TPSA) is 34.1 Å². The maximum atomic E-state index is 12.3. The van der Waals surface area contributed by atoms with E-state index in [-0.39, 0.29) is 31.2 Å². The van der Waals surface area contributed by atoms with Crippen LogP contribution >= 0.6 is 58.0 Å². The number of allylic oxidation sites excluding steroid dienone is 1. The first-order valence-electron chi connectivity index (χ1n) is 6.17. The lowest BCUT2D eigenvalue weighted by Crippen LogP contribution is -1.98. The first-order valence-corrected chi connectivity index (χ1v) is 8.06. The summed E-state index contributed by atoms with van der Waals surface area (Å²) in [5.74, 6) is -0.438. The van der Waals surface area contributed by atoms with Crippen molar-refractivity contribution < 1.29 is 9.59 Å².